The number of halogens is 2. The van der Waals surface area contributed by atoms with Gasteiger partial charge >= 0.3 is 0 Å². The van der Waals surface area contributed by atoms with Crippen molar-refractivity contribution in [2.75, 3.05) is 20.2 Å². The molecule has 6 nitrogen and oxygen atoms in total. The number of benzene rings is 2. The number of aryl methyl sites for hydroxylation is 1. The second-order valence-electron chi connectivity index (χ2n) is 7.87. The van der Waals surface area contributed by atoms with Gasteiger partial charge < -0.3 is 14.9 Å². The molecule has 0 radical (unpaired) electrons. The highest BCUT2D eigenvalue weighted by atomic mass is 19.1. The molecule has 1 aliphatic rings. The second kappa shape index (κ2) is 9.95. The first kappa shape index (κ1) is 22.7. The van der Waals surface area contributed by atoms with Gasteiger partial charge in [-0.05, 0) is 62.7 Å². The van der Waals surface area contributed by atoms with E-state index >= 15 is 0 Å². The molecule has 2 heterocycles. The Morgan fingerprint density at radius 2 is 1.91 bits per heavy atom. The number of hydrogen-bond acceptors (Lipinski definition) is 5. The van der Waals surface area contributed by atoms with Gasteiger partial charge in [-0.2, -0.15) is 0 Å². The zero-order valence-electron chi connectivity index (χ0n) is 18.5. The Hall–Kier alpha value is -3.52. The number of methoxy groups -OCH3 is 1. The number of pyridine rings is 1. The van der Waals surface area contributed by atoms with Crippen molar-refractivity contribution in [3.05, 3.63) is 93.4 Å². The number of aromatic nitrogens is 1. The molecule has 2 aromatic carbocycles. The van der Waals surface area contributed by atoms with Crippen LogP contribution in [0.25, 0.3) is 5.69 Å². The van der Waals surface area contributed by atoms with E-state index in [9.17, 15) is 13.6 Å². The Morgan fingerprint density at radius 1 is 1.12 bits per heavy atom. The molecule has 172 valence electrons. The van der Waals surface area contributed by atoms with Crippen LogP contribution >= 0.6 is 0 Å². The molecule has 3 aromatic rings. The summed E-state index contributed by atoms with van der Waals surface area (Å²) in [5.41, 5.74) is 1.81. The minimum absolute atomic E-state index is 0.0762. The first-order valence-electron chi connectivity index (χ1n) is 10.7. The fraction of sp³-hybridized carbons (Fsp3) is 0.280. The van der Waals surface area contributed by atoms with E-state index in [1.165, 1.54) is 29.9 Å². The van der Waals surface area contributed by atoms with Crippen LogP contribution in [0.1, 0.15) is 29.5 Å². The van der Waals surface area contributed by atoms with Crippen molar-refractivity contribution < 1.29 is 18.4 Å². The van der Waals surface area contributed by atoms with E-state index in [0.29, 0.717) is 17.0 Å². The molecule has 0 atom stereocenters. The van der Waals surface area contributed by atoms with Crippen molar-refractivity contribution in [3.8, 4) is 11.4 Å². The van der Waals surface area contributed by atoms with E-state index in [4.69, 9.17) is 9.57 Å². The number of rotatable bonds is 6. The van der Waals surface area contributed by atoms with Gasteiger partial charge in [0.05, 0.1) is 12.8 Å². The molecular formula is C25H25F2N3O3. The second-order valence-corrected chi connectivity index (χ2v) is 7.87. The predicted octanol–water partition coefficient (Wildman–Crippen LogP) is 3.95. The lowest BCUT2D eigenvalue weighted by atomic mass is 10.0. The molecule has 4 rings (SSSR count). The Kier molecular flexibility index (Phi) is 6.84. The zero-order chi connectivity index (χ0) is 23.4. The van der Waals surface area contributed by atoms with Crippen LogP contribution in [0.4, 0.5) is 8.78 Å². The van der Waals surface area contributed by atoms with E-state index in [-0.39, 0.29) is 22.9 Å². The number of ether oxygens (including phenoxy) is 1. The van der Waals surface area contributed by atoms with Crippen LogP contribution in [0.5, 0.6) is 5.75 Å². The van der Waals surface area contributed by atoms with Gasteiger partial charge in [0.15, 0.2) is 0 Å². The van der Waals surface area contributed by atoms with Crippen molar-refractivity contribution in [1.82, 2.24) is 9.88 Å². The van der Waals surface area contributed by atoms with Gasteiger partial charge in [-0.25, -0.2) is 8.78 Å². The molecule has 0 unspecified atom stereocenters. The number of hydrogen-bond donors (Lipinski definition) is 1. The third kappa shape index (κ3) is 4.96. The average Bonchev–Trinajstić information content (AvgIpc) is 2.82. The van der Waals surface area contributed by atoms with Crippen LogP contribution in [-0.2, 0) is 4.84 Å². The van der Waals surface area contributed by atoms with Crippen LogP contribution in [0, 0.1) is 18.6 Å². The first-order valence-corrected chi connectivity index (χ1v) is 10.7. The molecule has 1 aromatic heterocycles. The molecule has 0 saturated carbocycles. The van der Waals surface area contributed by atoms with E-state index in [0.717, 1.165) is 37.6 Å². The summed E-state index contributed by atoms with van der Waals surface area (Å²) in [4.78, 5) is 18.5. The Bertz CT molecular complexity index is 1230. The number of oxime groups is 1. The van der Waals surface area contributed by atoms with E-state index in [1.807, 2.05) is 19.1 Å². The Balaban J connectivity index is 1.84. The van der Waals surface area contributed by atoms with E-state index in [2.05, 4.69) is 10.5 Å². The molecule has 0 amide bonds. The largest absolute Gasteiger partial charge is 0.495 e. The minimum atomic E-state index is -0.770. The fourth-order valence-corrected chi connectivity index (χ4v) is 3.87. The zero-order valence-corrected chi connectivity index (χ0v) is 18.5. The molecule has 1 aliphatic heterocycles. The van der Waals surface area contributed by atoms with Crippen molar-refractivity contribution >= 4 is 5.71 Å². The van der Waals surface area contributed by atoms with Crippen LogP contribution in [-0.4, -0.2) is 36.6 Å². The topological polar surface area (TPSA) is 64.8 Å². The van der Waals surface area contributed by atoms with Gasteiger partial charge in [-0.15, -0.1) is 0 Å². The van der Waals surface area contributed by atoms with Crippen molar-refractivity contribution in [2.45, 2.75) is 25.9 Å². The fourth-order valence-electron chi connectivity index (χ4n) is 3.87. The molecule has 1 N–H and O–H groups in total. The highest BCUT2D eigenvalue weighted by molar-refractivity contribution is 6.12. The van der Waals surface area contributed by atoms with Gasteiger partial charge in [0.1, 0.15) is 29.2 Å². The Morgan fingerprint density at radius 3 is 2.64 bits per heavy atom. The van der Waals surface area contributed by atoms with Crippen LogP contribution < -0.4 is 15.6 Å². The monoisotopic (exact) mass is 453 g/mol. The van der Waals surface area contributed by atoms with E-state index < -0.39 is 11.6 Å². The quantitative estimate of drug-likeness (QED) is 0.453. The molecule has 8 heteroatoms. The molecular weight excluding hydrogens is 428 g/mol. The van der Waals surface area contributed by atoms with Gasteiger partial charge in [0.2, 0.25) is 0 Å². The summed E-state index contributed by atoms with van der Waals surface area (Å²) in [7, 11) is 1.53. The summed E-state index contributed by atoms with van der Waals surface area (Å²) >= 11 is 0. The lowest BCUT2D eigenvalue weighted by Crippen LogP contribution is -2.31. The smallest absolute Gasteiger partial charge is 0.255 e. The Labute approximate surface area is 190 Å². The average molecular weight is 453 g/mol. The van der Waals surface area contributed by atoms with Gasteiger partial charge in [-0.3, -0.25) is 9.36 Å². The minimum Gasteiger partial charge on any atom is -0.495 e. The number of para-hydroxylation sites is 1. The summed E-state index contributed by atoms with van der Waals surface area (Å²) < 4.78 is 35.2. The molecule has 0 spiro atoms. The summed E-state index contributed by atoms with van der Waals surface area (Å²) in [6, 6.07) is 11.7. The number of piperidine rings is 1. The van der Waals surface area contributed by atoms with Crippen LogP contribution in [0.15, 0.2) is 64.7 Å². The number of nitrogens with one attached hydrogen (secondary N) is 1. The summed E-state index contributed by atoms with van der Waals surface area (Å²) in [6.07, 6.45) is 2.98. The van der Waals surface area contributed by atoms with Crippen molar-refractivity contribution in [2.24, 2.45) is 5.16 Å². The maximum atomic E-state index is 14.8. The van der Waals surface area contributed by atoms with Crippen LogP contribution in [0.2, 0.25) is 0 Å². The molecule has 33 heavy (non-hydrogen) atoms. The maximum absolute atomic E-state index is 14.8. The molecule has 1 fully saturated rings. The highest BCUT2D eigenvalue weighted by Gasteiger charge is 2.19. The number of nitrogens with zero attached hydrogens (tertiary/aromatic N) is 2. The molecule has 0 bridgehead atoms. The summed E-state index contributed by atoms with van der Waals surface area (Å²) in [5, 5.41) is 7.54. The van der Waals surface area contributed by atoms with Gasteiger partial charge in [0, 0.05) is 29.5 Å². The van der Waals surface area contributed by atoms with E-state index in [1.54, 1.807) is 18.3 Å². The SMILES string of the molecule is COc1cccc(C)c1-n1cc(/C(=N/OC2CCNCC2)c2ccc(F)cc2F)ccc1=O. The summed E-state index contributed by atoms with van der Waals surface area (Å²) in [5.74, 6) is -0.940. The van der Waals surface area contributed by atoms with Crippen molar-refractivity contribution in [3.63, 3.8) is 0 Å². The highest BCUT2D eigenvalue weighted by Crippen LogP contribution is 2.26. The lowest BCUT2D eigenvalue weighted by molar-refractivity contribution is 0.0378. The normalized spacial score (nSPS) is 14.8. The van der Waals surface area contributed by atoms with Crippen LogP contribution in [0.3, 0.4) is 0 Å². The van der Waals surface area contributed by atoms with Crippen molar-refractivity contribution in [1.29, 1.82) is 0 Å². The summed E-state index contributed by atoms with van der Waals surface area (Å²) in [6.45, 7) is 3.47. The van der Waals surface area contributed by atoms with Gasteiger partial charge in [0.25, 0.3) is 5.56 Å². The third-order valence-corrected chi connectivity index (χ3v) is 5.61. The maximum Gasteiger partial charge on any atom is 0.255 e. The molecule has 1 saturated heterocycles. The molecule has 0 aliphatic carbocycles. The lowest BCUT2D eigenvalue weighted by Gasteiger charge is -2.21. The standard InChI is InChI=1S/C25H25F2N3O3/c1-16-4-3-5-22(32-2)25(16)30-15-17(6-9-23(30)31)24(20-8-7-18(26)14-21(20)27)29-33-19-10-12-28-13-11-19/h3-9,14-15,19,28H,10-13H2,1-2H3/b29-24-. The third-order valence-electron chi connectivity index (χ3n) is 5.61. The predicted molar refractivity (Wildman–Crippen MR) is 122 cm³/mol. The first-order chi connectivity index (χ1) is 16.0. The van der Waals surface area contributed by atoms with Gasteiger partial charge in [-0.1, -0.05) is 17.3 Å².